The van der Waals surface area contributed by atoms with Crippen LogP contribution in [0.1, 0.15) is 32.4 Å². The monoisotopic (exact) mass is 302 g/mol. The van der Waals surface area contributed by atoms with E-state index in [0.717, 1.165) is 35.2 Å². The Labute approximate surface area is 131 Å². The molecule has 2 aromatic rings. The molecule has 0 saturated heterocycles. The van der Waals surface area contributed by atoms with Gasteiger partial charge < -0.3 is 10.5 Å². The predicted octanol–water partition coefficient (Wildman–Crippen LogP) is 4.01. The van der Waals surface area contributed by atoms with Crippen LogP contribution in [0.15, 0.2) is 30.3 Å². The van der Waals surface area contributed by atoms with Crippen LogP contribution in [0, 0.1) is 12.3 Å². The Morgan fingerprint density at radius 3 is 2.76 bits per heavy atom. The third-order valence-electron chi connectivity index (χ3n) is 3.69. The highest BCUT2D eigenvalue weighted by molar-refractivity contribution is 7.80. The van der Waals surface area contributed by atoms with Crippen LogP contribution < -0.4 is 10.5 Å². The fourth-order valence-electron chi connectivity index (χ4n) is 2.15. The molecule has 0 radical (unpaired) electrons. The number of para-hydroxylation sites is 1. The third kappa shape index (κ3) is 3.91. The van der Waals surface area contributed by atoms with Crippen LogP contribution in [0.3, 0.4) is 0 Å². The van der Waals surface area contributed by atoms with Crippen molar-refractivity contribution < 1.29 is 4.74 Å². The molecule has 112 valence electrons. The van der Waals surface area contributed by atoms with E-state index in [4.69, 9.17) is 22.7 Å². The second kappa shape index (κ2) is 6.39. The second-order valence-electron chi connectivity index (χ2n) is 5.98. The second-order valence-corrected chi connectivity index (χ2v) is 6.42. The minimum Gasteiger partial charge on any atom is -0.491 e. The van der Waals surface area contributed by atoms with Gasteiger partial charge in [-0.15, -0.1) is 0 Å². The van der Waals surface area contributed by atoms with Gasteiger partial charge in [-0.3, -0.25) is 0 Å². The zero-order chi connectivity index (χ0) is 15.5. The first-order chi connectivity index (χ1) is 9.90. The van der Waals surface area contributed by atoms with Crippen LogP contribution in [0.4, 0.5) is 0 Å². The Bertz CT molecular complexity index is 652. The Hall–Kier alpha value is -1.68. The molecule has 0 saturated carbocycles. The van der Waals surface area contributed by atoms with Crippen LogP contribution in [0.2, 0.25) is 0 Å². The fourth-order valence-corrected chi connectivity index (χ4v) is 2.26. The van der Waals surface area contributed by atoms with Gasteiger partial charge in [-0.05, 0) is 31.9 Å². The van der Waals surface area contributed by atoms with Crippen molar-refractivity contribution in [3.8, 4) is 5.75 Å². The lowest BCUT2D eigenvalue weighted by Crippen LogP contribution is -2.30. The first-order valence-electron chi connectivity index (χ1n) is 7.19. The number of aryl methyl sites for hydroxylation is 1. The van der Waals surface area contributed by atoms with E-state index in [1.165, 1.54) is 0 Å². The topological polar surface area (TPSA) is 48.1 Å². The van der Waals surface area contributed by atoms with E-state index < -0.39 is 0 Å². The summed E-state index contributed by atoms with van der Waals surface area (Å²) in [4.78, 5) is 5.13. The molecule has 3 nitrogen and oxygen atoms in total. The van der Waals surface area contributed by atoms with Gasteiger partial charge in [-0.1, -0.05) is 44.3 Å². The van der Waals surface area contributed by atoms with Gasteiger partial charge in [0, 0.05) is 16.5 Å². The normalized spacial score (nSPS) is 11.6. The van der Waals surface area contributed by atoms with Crippen LogP contribution in [-0.4, -0.2) is 16.6 Å². The number of rotatable bonds is 6. The first-order valence-corrected chi connectivity index (χ1v) is 7.60. The first kappa shape index (κ1) is 15.7. The highest BCUT2D eigenvalue weighted by Crippen LogP contribution is 2.26. The maximum absolute atomic E-state index is 5.90. The van der Waals surface area contributed by atoms with E-state index in [2.05, 4.69) is 24.9 Å². The molecule has 21 heavy (non-hydrogen) atoms. The molecule has 2 N–H and O–H groups in total. The van der Waals surface area contributed by atoms with Gasteiger partial charge >= 0.3 is 0 Å². The summed E-state index contributed by atoms with van der Waals surface area (Å²) in [7, 11) is 0. The summed E-state index contributed by atoms with van der Waals surface area (Å²) in [5.41, 5.74) is 7.53. The summed E-state index contributed by atoms with van der Waals surface area (Å²) in [6.45, 7) is 6.76. The minimum absolute atomic E-state index is 0.119. The maximum atomic E-state index is 5.90. The number of hydrogen-bond acceptors (Lipinski definition) is 3. The number of fused-ring (bicyclic) bond motifs is 1. The molecule has 4 heteroatoms. The van der Waals surface area contributed by atoms with Crippen molar-refractivity contribution >= 4 is 28.1 Å². The molecule has 0 amide bonds. The Kier molecular flexibility index (Phi) is 4.78. The Balaban J connectivity index is 2.01. The standard InChI is InChI=1S/C17H22N2OS/c1-12-8-9-13-6-4-7-14(15(13)19-12)20-11-5-10-17(2,3)16(18)21/h4,6-9H,5,10-11H2,1-3H3,(H2,18,21). The SMILES string of the molecule is Cc1ccc2cccc(OCCCC(C)(C)C(N)=S)c2n1. The van der Waals surface area contributed by atoms with Gasteiger partial charge in [-0.2, -0.15) is 0 Å². The van der Waals surface area contributed by atoms with Crippen molar-refractivity contribution in [2.24, 2.45) is 11.1 Å². The number of thiocarbonyl (C=S) groups is 1. The molecule has 1 aromatic carbocycles. The number of nitrogens with zero attached hydrogens (tertiary/aromatic N) is 1. The van der Waals surface area contributed by atoms with Gasteiger partial charge in [0.15, 0.2) is 0 Å². The van der Waals surface area contributed by atoms with Crippen molar-refractivity contribution in [3.05, 3.63) is 36.0 Å². The number of aromatic nitrogens is 1. The van der Waals surface area contributed by atoms with E-state index in [0.29, 0.717) is 11.6 Å². The van der Waals surface area contributed by atoms with E-state index >= 15 is 0 Å². The Morgan fingerprint density at radius 2 is 2.05 bits per heavy atom. The van der Waals surface area contributed by atoms with Crippen molar-refractivity contribution in [1.29, 1.82) is 0 Å². The molecule has 0 fully saturated rings. The average Bonchev–Trinajstić information content (AvgIpc) is 2.43. The molecule has 0 atom stereocenters. The summed E-state index contributed by atoms with van der Waals surface area (Å²) in [6, 6.07) is 10.1. The molecule has 0 spiro atoms. The van der Waals surface area contributed by atoms with Crippen LogP contribution in [-0.2, 0) is 0 Å². The lowest BCUT2D eigenvalue weighted by atomic mass is 9.88. The zero-order valence-electron chi connectivity index (χ0n) is 12.8. The average molecular weight is 302 g/mol. The maximum Gasteiger partial charge on any atom is 0.145 e. The van der Waals surface area contributed by atoms with E-state index in [1.807, 2.05) is 31.2 Å². The summed E-state index contributed by atoms with van der Waals surface area (Å²) < 4.78 is 5.90. The highest BCUT2D eigenvalue weighted by Gasteiger charge is 2.20. The van der Waals surface area contributed by atoms with Gasteiger partial charge in [0.05, 0.1) is 11.6 Å². The highest BCUT2D eigenvalue weighted by atomic mass is 32.1. The summed E-state index contributed by atoms with van der Waals surface area (Å²) in [6.07, 6.45) is 1.83. The molecular weight excluding hydrogens is 280 g/mol. The number of hydrogen-bond donors (Lipinski definition) is 1. The fraction of sp³-hybridized carbons (Fsp3) is 0.412. The van der Waals surface area contributed by atoms with Gasteiger partial charge in [-0.25, -0.2) is 4.98 Å². The molecule has 0 aliphatic carbocycles. The molecule has 0 unspecified atom stereocenters. The molecule has 1 heterocycles. The van der Waals surface area contributed by atoms with Crippen LogP contribution >= 0.6 is 12.2 Å². The quantitative estimate of drug-likeness (QED) is 0.647. The van der Waals surface area contributed by atoms with Gasteiger partial charge in [0.2, 0.25) is 0 Å². The predicted molar refractivity (Wildman–Crippen MR) is 91.8 cm³/mol. The molecular formula is C17H22N2OS. The summed E-state index contributed by atoms with van der Waals surface area (Å²) in [5, 5.41) is 1.10. The zero-order valence-corrected chi connectivity index (χ0v) is 13.7. The lowest BCUT2D eigenvalue weighted by molar-refractivity contribution is 0.290. The van der Waals surface area contributed by atoms with E-state index in [-0.39, 0.29) is 5.41 Å². The summed E-state index contributed by atoms with van der Waals surface area (Å²) >= 11 is 5.08. The van der Waals surface area contributed by atoms with E-state index in [9.17, 15) is 0 Å². The van der Waals surface area contributed by atoms with E-state index in [1.54, 1.807) is 0 Å². The number of ether oxygens (including phenoxy) is 1. The smallest absolute Gasteiger partial charge is 0.145 e. The molecule has 0 bridgehead atoms. The van der Waals surface area contributed by atoms with Gasteiger partial charge in [0.1, 0.15) is 11.3 Å². The third-order valence-corrected chi connectivity index (χ3v) is 4.25. The van der Waals surface area contributed by atoms with Crippen molar-refractivity contribution in [1.82, 2.24) is 4.98 Å². The number of pyridine rings is 1. The molecule has 1 aromatic heterocycles. The minimum atomic E-state index is -0.119. The lowest BCUT2D eigenvalue weighted by Gasteiger charge is -2.22. The van der Waals surface area contributed by atoms with Crippen molar-refractivity contribution in [2.45, 2.75) is 33.6 Å². The molecule has 0 aliphatic rings. The largest absolute Gasteiger partial charge is 0.491 e. The Morgan fingerprint density at radius 1 is 1.29 bits per heavy atom. The summed E-state index contributed by atoms with van der Waals surface area (Å²) in [5.74, 6) is 0.837. The van der Waals surface area contributed by atoms with Crippen LogP contribution in [0.5, 0.6) is 5.75 Å². The van der Waals surface area contributed by atoms with Crippen molar-refractivity contribution in [3.63, 3.8) is 0 Å². The van der Waals surface area contributed by atoms with Crippen LogP contribution in [0.25, 0.3) is 10.9 Å². The molecule has 0 aliphatic heterocycles. The molecule has 2 rings (SSSR count). The van der Waals surface area contributed by atoms with Gasteiger partial charge in [0.25, 0.3) is 0 Å². The number of benzene rings is 1. The number of nitrogens with two attached hydrogens (primary N) is 1. The van der Waals surface area contributed by atoms with Crippen molar-refractivity contribution in [2.75, 3.05) is 6.61 Å².